The predicted octanol–water partition coefficient (Wildman–Crippen LogP) is 1.41. The SMILES string of the molecule is CC(=O)N(C)CC(=O)Nc1cc(I)cc(C(=O)O)c1. The number of hydrogen-bond donors (Lipinski definition) is 2. The lowest BCUT2D eigenvalue weighted by atomic mass is 10.2. The molecule has 1 rings (SSSR count). The van der Waals surface area contributed by atoms with Crippen LogP contribution < -0.4 is 5.32 Å². The zero-order valence-corrected chi connectivity index (χ0v) is 12.6. The van der Waals surface area contributed by atoms with Crippen LogP contribution in [0.2, 0.25) is 0 Å². The number of anilines is 1. The Kier molecular flexibility index (Phi) is 5.28. The van der Waals surface area contributed by atoms with E-state index in [2.05, 4.69) is 5.32 Å². The Bertz CT molecular complexity index is 530. The molecule has 6 nitrogen and oxygen atoms in total. The van der Waals surface area contributed by atoms with Crippen molar-refractivity contribution in [2.75, 3.05) is 18.9 Å². The molecule has 2 N–H and O–H groups in total. The van der Waals surface area contributed by atoms with E-state index in [0.717, 1.165) is 0 Å². The second kappa shape index (κ2) is 6.50. The molecule has 102 valence electrons. The molecule has 0 spiro atoms. The standard InChI is InChI=1S/C12H13IN2O4/c1-7(16)15(2)6-11(17)14-10-4-8(12(18)19)3-9(13)5-10/h3-5H,6H2,1-2H3,(H,14,17)(H,18,19). The average molecular weight is 376 g/mol. The molecule has 19 heavy (non-hydrogen) atoms. The Hall–Kier alpha value is -1.64. The lowest BCUT2D eigenvalue weighted by Gasteiger charge is -2.14. The van der Waals surface area contributed by atoms with Gasteiger partial charge in [0.25, 0.3) is 0 Å². The van der Waals surface area contributed by atoms with Gasteiger partial charge in [-0.05, 0) is 40.8 Å². The summed E-state index contributed by atoms with van der Waals surface area (Å²) in [7, 11) is 1.51. The van der Waals surface area contributed by atoms with E-state index in [-0.39, 0.29) is 23.9 Å². The summed E-state index contributed by atoms with van der Waals surface area (Å²) in [5.74, 6) is -1.66. The van der Waals surface area contributed by atoms with Crippen LogP contribution in [0.4, 0.5) is 5.69 Å². The number of nitrogens with zero attached hydrogens (tertiary/aromatic N) is 1. The van der Waals surface area contributed by atoms with E-state index in [0.29, 0.717) is 9.26 Å². The summed E-state index contributed by atoms with van der Waals surface area (Å²) in [5, 5.41) is 11.5. The highest BCUT2D eigenvalue weighted by atomic mass is 127. The predicted molar refractivity (Wildman–Crippen MR) is 78.1 cm³/mol. The molecule has 0 bridgehead atoms. The molecule has 0 atom stereocenters. The second-order valence-corrected chi connectivity index (χ2v) is 5.20. The van der Waals surface area contributed by atoms with Crippen LogP contribution in [0.1, 0.15) is 17.3 Å². The minimum absolute atomic E-state index is 0.0801. The number of amides is 2. The number of carboxylic acid groups (broad SMARTS) is 1. The first-order chi connectivity index (χ1) is 8.79. The fourth-order valence-corrected chi connectivity index (χ4v) is 1.98. The highest BCUT2D eigenvalue weighted by molar-refractivity contribution is 14.1. The zero-order valence-electron chi connectivity index (χ0n) is 10.4. The number of halogens is 1. The normalized spacial score (nSPS) is 9.84. The lowest BCUT2D eigenvalue weighted by molar-refractivity contribution is -0.131. The molecule has 2 amide bonds. The van der Waals surface area contributed by atoms with E-state index in [4.69, 9.17) is 5.11 Å². The fraction of sp³-hybridized carbons (Fsp3) is 0.250. The van der Waals surface area contributed by atoms with Crippen LogP contribution in [0, 0.1) is 3.57 Å². The molecule has 7 heteroatoms. The van der Waals surface area contributed by atoms with Crippen molar-refractivity contribution in [3.05, 3.63) is 27.3 Å². The number of benzene rings is 1. The van der Waals surface area contributed by atoms with Crippen LogP contribution in [-0.2, 0) is 9.59 Å². The van der Waals surface area contributed by atoms with Crippen LogP contribution in [0.15, 0.2) is 18.2 Å². The molecule has 0 saturated heterocycles. The van der Waals surface area contributed by atoms with E-state index in [1.54, 1.807) is 6.07 Å². The first-order valence-corrected chi connectivity index (χ1v) is 6.43. The van der Waals surface area contributed by atoms with Crippen LogP contribution in [0.25, 0.3) is 0 Å². The van der Waals surface area contributed by atoms with Crippen molar-refractivity contribution in [3.63, 3.8) is 0 Å². The van der Waals surface area contributed by atoms with Crippen LogP contribution in [-0.4, -0.2) is 41.4 Å². The molecule has 0 radical (unpaired) electrons. The maximum Gasteiger partial charge on any atom is 0.335 e. The number of nitrogens with one attached hydrogen (secondary N) is 1. The van der Waals surface area contributed by atoms with E-state index >= 15 is 0 Å². The van der Waals surface area contributed by atoms with Gasteiger partial charge in [-0.25, -0.2) is 4.79 Å². The molecular formula is C12H13IN2O4. The summed E-state index contributed by atoms with van der Waals surface area (Å²) in [5.41, 5.74) is 0.494. The summed E-state index contributed by atoms with van der Waals surface area (Å²) in [4.78, 5) is 34.8. The maximum absolute atomic E-state index is 11.7. The topological polar surface area (TPSA) is 86.7 Å². The van der Waals surface area contributed by atoms with Crippen molar-refractivity contribution in [3.8, 4) is 0 Å². The summed E-state index contributed by atoms with van der Waals surface area (Å²) in [6.45, 7) is 1.28. The van der Waals surface area contributed by atoms with Crippen molar-refractivity contribution >= 4 is 46.1 Å². The van der Waals surface area contributed by atoms with Gasteiger partial charge < -0.3 is 15.3 Å². The van der Waals surface area contributed by atoms with Gasteiger partial charge >= 0.3 is 5.97 Å². The number of carboxylic acids is 1. The lowest BCUT2D eigenvalue weighted by Crippen LogP contribution is -2.33. The first kappa shape index (κ1) is 15.4. The van der Waals surface area contributed by atoms with Gasteiger partial charge in [-0.2, -0.15) is 0 Å². The van der Waals surface area contributed by atoms with Crippen molar-refractivity contribution in [1.29, 1.82) is 0 Å². The van der Waals surface area contributed by atoms with E-state index < -0.39 is 5.97 Å². The minimum Gasteiger partial charge on any atom is -0.478 e. The van der Waals surface area contributed by atoms with Crippen LogP contribution in [0.3, 0.4) is 0 Å². The van der Waals surface area contributed by atoms with Gasteiger partial charge in [-0.3, -0.25) is 9.59 Å². The van der Waals surface area contributed by atoms with E-state index in [9.17, 15) is 14.4 Å². The molecule has 0 saturated carbocycles. The molecule has 0 aliphatic heterocycles. The number of aromatic carboxylic acids is 1. The maximum atomic E-state index is 11.7. The quantitative estimate of drug-likeness (QED) is 0.778. The van der Waals surface area contributed by atoms with Gasteiger partial charge in [0.1, 0.15) is 0 Å². The van der Waals surface area contributed by atoms with Crippen molar-refractivity contribution < 1.29 is 19.5 Å². The van der Waals surface area contributed by atoms with Gasteiger partial charge in [-0.1, -0.05) is 0 Å². The van der Waals surface area contributed by atoms with Crippen LogP contribution in [0.5, 0.6) is 0 Å². The molecule has 0 heterocycles. The summed E-state index contributed by atoms with van der Waals surface area (Å²) in [6.07, 6.45) is 0. The van der Waals surface area contributed by atoms with Crippen molar-refractivity contribution in [2.45, 2.75) is 6.92 Å². The molecule has 0 aliphatic carbocycles. The molecule has 0 fully saturated rings. The number of carbonyl (C=O) groups excluding carboxylic acids is 2. The third-order valence-electron chi connectivity index (χ3n) is 2.35. The smallest absolute Gasteiger partial charge is 0.335 e. The van der Waals surface area contributed by atoms with Gasteiger partial charge in [0.05, 0.1) is 12.1 Å². The Morgan fingerprint density at radius 1 is 1.32 bits per heavy atom. The first-order valence-electron chi connectivity index (χ1n) is 5.35. The molecule has 0 aliphatic rings. The van der Waals surface area contributed by atoms with E-state index in [1.165, 1.54) is 31.0 Å². The number of hydrogen-bond acceptors (Lipinski definition) is 3. The Labute approximate surface area is 123 Å². The minimum atomic E-state index is -1.06. The number of carbonyl (C=O) groups is 3. The summed E-state index contributed by atoms with van der Waals surface area (Å²) >= 11 is 1.97. The highest BCUT2D eigenvalue weighted by Gasteiger charge is 2.11. The monoisotopic (exact) mass is 376 g/mol. The molecule has 1 aromatic carbocycles. The molecule has 0 unspecified atom stereocenters. The van der Waals surface area contributed by atoms with E-state index in [1.807, 2.05) is 22.6 Å². The Morgan fingerprint density at radius 3 is 2.47 bits per heavy atom. The molecule has 0 aromatic heterocycles. The Balaban J connectivity index is 2.79. The van der Waals surface area contributed by atoms with Gasteiger partial charge in [-0.15, -0.1) is 0 Å². The van der Waals surface area contributed by atoms with Crippen molar-refractivity contribution in [2.24, 2.45) is 0 Å². The summed E-state index contributed by atoms with van der Waals surface area (Å²) in [6, 6.07) is 4.52. The third kappa shape index (κ3) is 4.86. The average Bonchev–Trinajstić information content (AvgIpc) is 2.27. The third-order valence-corrected chi connectivity index (χ3v) is 2.97. The highest BCUT2D eigenvalue weighted by Crippen LogP contribution is 2.16. The molecule has 1 aromatic rings. The second-order valence-electron chi connectivity index (χ2n) is 3.96. The summed E-state index contributed by atoms with van der Waals surface area (Å²) < 4.78 is 0.702. The van der Waals surface area contributed by atoms with Gasteiger partial charge in [0, 0.05) is 23.2 Å². The Morgan fingerprint density at radius 2 is 1.95 bits per heavy atom. The number of rotatable bonds is 4. The molecular weight excluding hydrogens is 363 g/mol. The number of likely N-dealkylation sites (N-methyl/N-ethyl adjacent to an activating group) is 1. The fourth-order valence-electron chi connectivity index (χ4n) is 1.31. The van der Waals surface area contributed by atoms with Gasteiger partial charge in [0.2, 0.25) is 11.8 Å². The van der Waals surface area contributed by atoms with Crippen molar-refractivity contribution in [1.82, 2.24) is 4.90 Å². The zero-order chi connectivity index (χ0) is 14.6. The van der Waals surface area contributed by atoms with Gasteiger partial charge in [0.15, 0.2) is 0 Å². The largest absolute Gasteiger partial charge is 0.478 e. The van der Waals surface area contributed by atoms with Crippen LogP contribution >= 0.6 is 22.6 Å².